The molecule has 2 nitrogen and oxygen atoms in total. The lowest BCUT2D eigenvalue weighted by atomic mass is 10.1. The summed E-state index contributed by atoms with van der Waals surface area (Å²) in [7, 11) is 0. The summed E-state index contributed by atoms with van der Waals surface area (Å²) >= 11 is 9.60. The minimum absolute atomic E-state index is 0.357. The first-order valence-electron chi connectivity index (χ1n) is 5.12. The predicted octanol–water partition coefficient (Wildman–Crippen LogP) is 3.03. The third-order valence-electron chi connectivity index (χ3n) is 2.79. The van der Waals surface area contributed by atoms with Gasteiger partial charge in [0.2, 0.25) is 0 Å². The second-order valence-corrected chi connectivity index (χ2v) is 5.24. The maximum Gasteiger partial charge on any atom is 0.0650 e. The number of piperidine rings is 1. The summed E-state index contributed by atoms with van der Waals surface area (Å²) in [5.41, 5.74) is 6.99. The molecule has 1 heterocycles. The van der Waals surface area contributed by atoms with Crippen LogP contribution in [0.5, 0.6) is 0 Å². The molecule has 0 spiro atoms. The van der Waals surface area contributed by atoms with Crippen LogP contribution >= 0.6 is 27.5 Å². The molecule has 15 heavy (non-hydrogen) atoms. The molecule has 1 aliphatic rings. The molecule has 2 N–H and O–H groups in total. The Kier molecular flexibility index (Phi) is 3.54. The van der Waals surface area contributed by atoms with Crippen molar-refractivity contribution in [2.75, 3.05) is 18.0 Å². The Morgan fingerprint density at radius 3 is 2.60 bits per heavy atom. The second kappa shape index (κ2) is 4.73. The van der Waals surface area contributed by atoms with Crippen LogP contribution in [0.2, 0.25) is 5.02 Å². The number of halogens is 2. The van der Waals surface area contributed by atoms with Crippen LogP contribution in [0.3, 0.4) is 0 Å². The average Bonchev–Trinajstić information content (AvgIpc) is 2.20. The maximum atomic E-state index is 6.20. The third kappa shape index (κ3) is 2.65. The maximum absolute atomic E-state index is 6.20. The zero-order chi connectivity index (χ0) is 10.8. The quantitative estimate of drug-likeness (QED) is 0.861. The number of hydrogen-bond donors (Lipinski definition) is 1. The third-order valence-corrected chi connectivity index (χ3v) is 3.59. The fourth-order valence-corrected chi connectivity index (χ4v) is 2.67. The van der Waals surface area contributed by atoms with Crippen LogP contribution in [0.1, 0.15) is 12.8 Å². The van der Waals surface area contributed by atoms with E-state index in [0.717, 1.165) is 41.1 Å². The van der Waals surface area contributed by atoms with Crippen LogP contribution in [-0.2, 0) is 0 Å². The molecule has 2 rings (SSSR count). The summed E-state index contributed by atoms with van der Waals surface area (Å²) in [6.07, 6.45) is 2.10. The van der Waals surface area contributed by atoms with E-state index in [2.05, 4.69) is 26.9 Å². The highest BCUT2D eigenvalue weighted by Gasteiger charge is 2.17. The van der Waals surface area contributed by atoms with Gasteiger partial charge in [-0.15, -0.1) is 0 Å². The minimum atomic E-state index is 0.357. The number of nitrogens with zero attached hydrogens (tertiary/aromatic N) is 1. The average molecular weight is 290 g/mol. The molecule has 0 bridgehead atoms. The monoisotopic (exact) mass is 288 g/mol. The lowest BCUT2D eigenvalue weighted by Gasteiger charge is -2.32. The van der Waals surface area contributed by atoms with Crippen molar-refractivity contribution in [2.45, 2.75) is 18.9 Å². The molecule has 1 aliphatic heterocycles. The van der Waals surface area contributed by atoms with E-state index in [-0.39, 0.29) is 0 Å². The van der Waals surface area contributed by atoms with E-state index in [1.54, 1.807) is 0 Å². The van der Waals surface area contributed by atoms with Gasteiger partial charge in [0, 0.05) is 23.6 Å². The number of benzene rings is 1. The van der Waals surface area contributed by atoms with Crippen molar-refractivity contribution >= 4 is 33.2 Å². The van der Waals surface area contributed by atoms with Crippen molar-refractivity contribution in [3.8, 4) is 0 Å². The van der Waals surface area contributed by atoms with Crippen molar-refractivity contribution in [2.24, 2.45) is 5.73 Å². The van der Waals surface area contributed by atoms with Crippen molar-refractivity contribution in [3.05, 3.63) is 27.7 Å². The Hall–Kier alpha value is -0.250. The van der Waals surface area contributed by atoms with Gasteiger partial charge in [-0.05, 0) is 31.0 Å². The Bertz CT molecular complexity index is 348. The summed E-state index contributed by atoms with van der Waals surface area (Å²) in [6, 6.07) is 6.38. The van der Waals surface area contributed by atoms with Crippen molar-refractivity contribution in [1.29, 1.82) is 0 Å². The SMILES string of the molecule is NC1CCN(c2ccc(Br)cc2Cl)CC1. The Morgan fingerprint density at radius 2 is 2.00 bits per heavy atom. The standard InChI is InChI=1S/C11H14BrClN2/c12-8-1-2-11(10(13)7-8)15-5-3-9(14)4-6-15/h1-2,7,9H,3-6,14H2. The number of nitrogens with two attached hydrogens (primary N) is 1. The van der Waals surface area contributed by atoms with Gasteiger partial charge in [0.15, 0.2) is 0 Å². The van der Waals surface area contributed by atoms with Gasteiger partial charge < -0.3 is 10.6 Å². The first-order valence-corrected chi connectivity index (χ1v) is 6.29. The number of hydrogen-bond acceptors (Lipinski definition) is 2. The minimum Gasteiger partial charge on any atom is -0.370 e. The van der Waals surface area contributed by atoms with Crippen LogP contribution in [0, 0.1) is 0 Å². The van der Waals surface area contributed by atoms with Gasteiger partial charge in [-0.3, -0.25) is 0 Å². The van der Waals surface area contributed by atoms with Crippen LogP contribution in [0.25, 0.3) is 0 Å². The Labute approximate surface area is 104 Å². The summed E-state index contributed by atoms with van der Waals surface area (Å²) in [6.45, 7) is 2.00. The van der Waals surface area contributed by atoms with E-state index in [0.29, 0.717) is 6.04 Å². The second-order valence-electron chi connectivity index (χ2n) is 3.92. The molecule has 0 unspecified atom stereocenters. The van der Waals surface area contributed by atoms with E-state index >= 15 is 0 Å². The highest BCUT2D eigenvalue weighted by molar-refractivity contribution is 9.10. The first-order chi connectivity index (χ1) is 7.16. The van der Waals surface area contributed by atoms with Gasteiger partial charge >= 0.3 is 0 Å². The van der Waals surface area contributed by atoms with Gasteiger partial charge in [0.25, 0.3) is 0 Å². The predicted molar refractivity (Wildman–Crippen MR) is 68.6 cm³/mol. The summed E-state index contributed by atoms with van der Waals surface area (Å²) in [4.78, 5) is 2.30. The molecule has 1 fully saturated rings. The molecule has 0 radical (unpaired) electrons. The molecular formula is C11H14BrClN2. The summed E-state index contributed by atoms with van der Waals surface area (Å²) < 4.78 is 1.02. The first kappa shape index (κ1) is 11.2. The van der Waals surface area contributed by atoms with E-state index in [4.69, 9.17) is 17.3 Å². The fourth-order valence-electron chi connectivity index (χ4n) is 1.88. The lowest BCUT2D eigenvalue weighted by molar-refractivity contribution is 0.501. The van der Waals surface area contributed by atoms with Crippen LogP contribution in [0.15, 0.2) is 22.7 Å². The van der Waals surface area contributed by atoms with Crippen LogP contribution in [0.4, 0.5) is 5.69 Å². The lowest BCUT2D eigenvalue weighted by Crippen LogP contribution is -2.39. The molecular weight excluding hydrogens is 275 g/mol. The van der Waals surface area contributed by atoms with Gasteiger partial charge in [-0.2, -0.15) is 0 Å². The Morgan fingerprint density at radius 1 is 1.33 bits per heavy atom. The Balaban J connectivity index is 2.15. The highest BCUT2D eigenvalue weighted by atomic mass is 79.9. The zero-order valence-corrected chi connectivity index (χ0v) is 10.8. The number of rotatable bonds is 1. The highest BCUT2D eigenvalue weighted by Crippen LogP contribution is 2.30. The largest absolute Gasteiger partial charge is 0.370 e. The normalized spacial score (nSPS) is 18.2. The molecule has 4 heteroatoms. The van der Waals surface area contributed by atoms with Gasteiger partial charge in [-0.1, -0.05) is 27.5 Å². The zero-order valence-electron chi connectivity index (χ0n) is 8.42. The molecule has 1 saturated heterocycles. The van der Waals surface area contributed by atoms with E-state index in [9.17, 15) is 0 Å². The molecule has 0 amide bonds. The van der Waals surface area contributed by atoms with Crippen molar-refractivity contribution in [1.82, 2.24) is 0 Å². The van der Waals surface area contributed by atoms with Crippen LogP contribution in [-0.4, -0.2) is 19.1 Å². The topological polar surface area (TPSA) is 29.3 Å². The number of anilines is 1. The fraction of sp³-hybridized carbons (Fsp3) is 0.455. The molecule has 82 valence electrons. The molecule has 0 atom stereocenters. The molecule has 1 aromatic carbocycles. The summed E-state index contributed by atoms with van der Waals surface area (Å²) in [5, 5.41) is 0.805. The van der Waals surface area contributed by atoms with E-state index in [1.165, 1.54) is 0 Å². The van der Waals surface area contributed by atoms with Gasteiger partial charge in [0.1, 0.15) is 0 Å². The molecule has 1 aromatic rings. The smallest absolute Gasteiger partial charge is 0.0650 e. The summed E-state index contributed by atoms with van der Waals surface area (Å²) in [5.74, 6) is 0. The molecule has 0 saturated carbocycles. The van der Waals surface area contributed by atoms with Gasteiger partial charge in [-0.25, -0.2) is 0 Å². The van der Waals surface area contributed by atoms with E-state index < -0.39 is 0 Å². The van der Waals surface area contributed by atoms with E-state index in [1.807, 2.05) is 12.1 Å². The van der Waals surface area contributed by atoms with Crippen molar-refractivity contribution < 1.29 is 0 Å². The van der Waals surface area contributed by atoms with Crippen molar-refractivity contribution in [3.63, 3.8) is 0 Å². The van der Waals surface area contributed by atoms with Gasteiger partial charge in [0.05, 0.1) is 10.7 Å². The molecule has 0 aromatic heterocycles. The van der Waals surface area contributed by atoms with Crippen LogP contribution < -0.4 is 10.6 Å². The molecule has 0 aliphatic carbocycles.